The molecular formula is C10H20. The van der Waals surface area contributed by atoms with Crippen LogP contribution in [0.5, 0.6) is 0 Å². The first kappa shape index (κ1) is 12.2. The molecule has 0 fully saturated rings. The van der Waals surface area contributed by atoms with Gasteiger partial charge in [-0.05, 0) is 0 Å². The van der Waals surface area contributed by atoms with Crippen molar-refractivity contribution in [3.05, 3.63) is 25.3 Å². The lowest BCUT2D eigenvalue weighted by Crippen LogP contribution is -1.66. The van der Waals surface area contributed by atoms with Crippen LogP contribution in [-0.2, 0) is 0 Å². The van der Waals surface area contributed by atoms with Crippen molar-refractivity contribution in [3.63, 3.8) is 0 Å². The number of hydrogen-bond acceptors (Lipinski definition) is 0. The van der Waals surface area contributed by atoms with E-state index in [1.165, 1.54) is 25.7 Å². The van der Waals surface area contributed by atoms with Crippen LogP contribution in [0.15, 0.2) is 25.3 Å². The molecule has 0 heteroatoms. The Morgan fingerprint density at radius 3 is 1.30 bits per heavy atom. The monoisotopic (exact) mass is 140 g/mol. The van der Waals surface area contributed by atoms with E-state index in [-0.39, 0.29) is 0 Å². The third kappa shape index (κ3) is 25.9. The second-order valence-corrected chi connectivity index (χ2v) is 2.18. The van der Waals surface area contributed by atoms with Crippen LogP contribution in [0.4, 0.5) is 0 Å². The molecule has 0 nitrogen and oxygen atoms in total. The molecule has 0 amide bonds. The molecule has 0 heterocycles. The lowest BCUT2D eigenvalue weighted by Gasteiger charge is -1.86. The Hall–Kier alpha value is -0.520. The van der Waals surface area contributed by atoms with Crippen LogP contribution in [0.25, 0.3) is 0 Å². The topological polar surface area (TPSA) is 0 Å². The van der Waals surface area contributed by atoms with E-state index in [9.17, 15) is 0 Å². The van der Waals surface area contributed by atoms with E-state index < -0.39 is 0 Å². The predicted octanol–water partition coefficient (Wildman–Crippen LogP) is 3.95. The molecule has 0 aromatic carbocycles. The predicted molar refractivity (Wildman–Crippen MR) is 50.2 cm³/mol. The van der Waals surface area contributed by atoms with Gasteiger partial charge in [0.05, 0.1) is 0 Å². The zero-order valence-electron chi connectivity index (χ0n) is 7.40. The van der Waals surface area contributed by atoms with E-state index in [0.29, 0.717) is 0 Å². The van der Waals surface area contributed by atoms with Crippen molar-refractivity contribution in [2.45, 2.75) is 39.5 Å². The van der Waals surface area contributed by atoms with E-state index in [0.717, 1.165) is 0 Å². The van der Waals surface area contributed by atoms with Gasteiger partial charge in [0.1, 0.15) is 0 Å². The minimum Gasteiger partial charge on any atom is -0.0991 e. The van der Waals surface area contributed by atoms with Crippen molar-refractivity contribution in [1.82, 2.24) is 0 Å². The Balaban J connectivity index is 0. The molecule has 0 unspecified atom stereocenters. The molecule has 0 saturated carbocycles. The Morgan fingerprint density at radius 1 is 0.900 bits per heavy atom. The molecule has 0 N–H and O–H groups in total. The lowest BCUT2D eigenvalue weighted by atomic mass is 10.2. The van der Waals surface area contributed by atoms with Crippen LogP contribution >= 0.6 is 0 Å². The molecule has 0 aromatic rings. The Labute approximate surface area is 65.7 Å². The van der Waals surface area contributed by atoms with Crippen LogP contribution in [-0.4, -0.2) is 0 Å². The number of allylic oxidation sites excluding steroid dienone is 2. The molecule has 0 aliphatic rings. The number of hydrogen-bond donors (Lipinski definition) is 0. The standard InChI is InChI=1S/C6H14.C4H6/c1-3-5-6-4-2;1-3-4-2/h3-6H2,1-2H3;3-4H,1-2H2. The SMILES string of the molecule is C=CC=C.CCCCCC. The molecule has 0 atom stereocenters. The average Bonchev–Trinajstić information content (AvgIpc) is 2.01. The largest absolute Gasteiger partial charge is 0.0991 e. The third-order valence-electron chi connectivity index (χ3n) is 1.12. The van der Waals surface area contributed by atoms with Gasteiger partial charge in [-0.3, -0.25) is 0 Å². The summed E-state index contributed by atoms with van der Waals surface area (Å²) < 4.78 is 0. The molecule has 0 radical (unpaired) electrons. The molecule has 0 aliphatic heterocycles. The van der Waals surface area contributed by atoms with Crippen LogP contribution in [0.1, 0.15) is 39.5 Å². The van der Waals surface area contributed by atoms with Crippen molar-refractivity contribution < 1.29 is 0 Å². The van der Waals surface area contributed by atoms with Gasteiger partial charge in [-0.15, -0.1) is 0 Å². The van der Waals surface area contributed by atoms with Crippen molar-refractivity contribution in [1.29, 1.82) is 0 Å². The highest BCUT2D eigenvalue weighted by molar-refractivity contribution is 4.88. The zero-order chi connectivity index (χ0) is 8.24. The first-order valence-electron chi connectivity index (χ1n) is 4.06. The minimum absolute atomic E-state index is 1.36. The van der Waals surface area contributed by atoms with Gasteiger partial charge >= 0.3 is 0 Å². The van der Waals surface area contributed by atoms with Gasteiger partial charge in [0.15, 0.2) is 0 Å². The molecule has 10 heavy (non-hydrogen) atoms. The van der Waals surface area contributed by atoms with Crippen molar-refractivity contribution in [2.24, 2.45) is 0 Å². The van der Waals surface area contributed by atoms with E-state index in [4.69, 9.17) is 0 Å². The van der Waals surface area contributed by atoms with Crippen molar-refractivity contribution in [3.8, 4) is 0 Å². The molecule has 0 rings (SSSR count). The Morgan fingerprint density at radius 2 is 1.20 bits per heavy atom. The lowest BCUT2D eigenvalue weighted by molar-refractivity contribution is 0.702. The minimum atomic E-state index is 1.36. The van der Waals surface area contributed by atoms with E-state index >= 15 is 0 Å². The summed E-state index contributed by atoms with van der Waals surface area (Å²) in [6, 6.07) is 0. The molecule has 0 saturated heterocycles. The maximum Gasteiger partial charge on any atom is -0.0536 e. The third-order valence-corrected chi connectivity index (χ3v) is 1.12. The summed E-state index contributed by atoms with van der Waals surface area (Å²) >= 11 is 0. The summed E-state index contributed by atoms with van der Waals surface area (Å²) in [6.07, 6.45) is 8.81. The summed E-state index contributed by atoms with van der Waals surface area (Å²) in [4.78, 5) is 0. The average molecular weight is 140 g/mol. The normalized spacial score (nSPS) is 7.40. The first-order chi connectivity index (χ1) is 4.83. The summed E-state index contributed by atoms with van der Waals surface area (Å²) in [5, 5.41) is 0. The Bertz CT molecular complexity index is 52.4. The van der Waals surface area contributed by atoms with Crippen molar-refractivity contribution in [2.75, 3.05) is 0 Å². The zero-order valence-corrected chi connectivity index (χ0v) is 7.40. The molecule has 0 aliphatic carbocycles. The fourth-order valence-corrected chi connectivity index (χ4v) is 0.500. The number of rotatable bonds is 4. The van der Waals surface area contributed by atoms with Gasteiger partial charge in [-0.2, -0.15) is 0 Å². The summed E-state index contributed by atoms with van der Waals surface area (Å²) in [7, 11) is 0. The van der Waals surface area contributed by atoms with Crippen LogP contribution in [0.3, 0.4) is 0 Å². The molecule has 0 spiro atoms. The smallest absolute Gasteiger partial charge is 0.0536 e. The van der Waals surface area contributed by atoms with Crippen LogP contribution in [0, 0.1) is 0 Å². The fourth-order valence-electron chi connectivity index (χ4n) is 0.500. The summed E-state index contributed by atoms with van der Waals surface area (Å²) in [6.45, 7) is 11.2. The molecular weight excluding hydrogens is 120 g/mol. The number of unbranched alkanes of at least 4 members (excludes halogenated alkanes) is 3. The maximum atomic E-state index is 3.36. The second kappa shape index (κ2) is 15.8. The maximum absolute atomic E-state index is 3.36. The van der Waals surface area contributed by atoms with E-state index in [2.05, 4.69) is 27.0 Å². The molecule has 0 bridgehead atoms. The molecule has 60 valence electrons. The fraction of sp³-hybridized carbons (Fsp3) is 0.600. The summed E-state index contributed by atoms with van der Waals surface area (Å²) in [5.41, 5.74) is 0. The van der Waals surface area contributed by atoms with E-state index in [1.54, 1.807) is 12.2 Å². The van der Waals surface area contributed by atoms with Crippen molar-refractivity contribution >= 4 is 0 Å². The van der Waals surface area contributed by atoms with Gasteiger partial charge in [0.25, 0.3) is 0 Å². The Kier molecular flexibility index (Phi) is 19.3. The van der Waals surface area contributed by atoms with E-state index in [1.807, 2.05) is 0 Å². The van der Waals surface area contributed by atoms with Gasteiger partial charge < -0.3 is 0 Å². The van der Waals surface area contributed by atoms with Gasteiger partial charge in [0.2, 0.25) is 0 Å². The highest BCUT2D eigenvalue weighted by Crippen LogP contribution is 1.95. The second-order valence-electron chi connectivity index (χ2n) is 2.18. The van der Waals surface area contributed by atoms with Gasteiger partial charge in [-0.25, -0.2) is 0 Å². The van der Waals surface area contributed by atoms with Crippen LogP contribution < -0.4 is 0 Å². The van der Waals surface area contributed by atoms with Crippen LogP contribution in [0.2, 0.25) is 0 Å². The van der Waals surface area contributed by atoms with Gasteiger partial charge in [-0.1, -0.05) is 64.8 Å². The van der Waals surface area contributed by atoms with Gasteiger partial charge in [0, 0.05) is 0 Å². The highest BCUT2D eigenvalue weighted by Gasteiger charge is 1.75. The first-order valence-corrected chi connectivity index (χ1v) is 4.06. The highest BCUT2D eigenvalue weighted by atomic mass is 13.8. The quantitative estimate of drug-likeness (QED) is 0.410. The summed E-state index contributed by atoms with van der Waals surface area (Å²) in [5.74, 6) is 0. The molecule has 0 aromatic heterocycles.